The van der Waals surface area contributed by atoms with Crippen LogP contribution in [0, 0.1) is 22.6 Å². The summed E-state index contributed by atoms with van der Waals surface area (Å²) in [5.41, 5.74) is 3.82. The number of hydrogen-bond donors (Lipinski definition) is 3. The highest BCUT2D eigenvalue weighted by atomic mass is 19.1. The van der Waals surface area contributed by atoms with Crippen molar-refractivity contribution in [1.29, 1.82) is 5.26 Å². The number of benzene rings is 2. The number of nitrogens with one attached hydrogen (secondary N) is 3. The third kappa shape index (κ3) is 5.25. The first-order valence-corrected chi connectivity index (χ1v) is 13.5. The van der Waals surface area contributed by atoms with Gasteiger partial charge in [-0.05, 0) is 48.1 Å². The van der Waals surface area contributed by atoms with Crippen LogP contribution in [-0.4, -0.2) is 44.6 Å². The van der Waals surface area contributed by atoms with Gasteiger partial charge in [-0.25, -0.2) is 9.07 Å². The third-order valence-electron chi connectivity index (χ3n) is 7.17. The Kier molecular flexibility index (Phi) is 6.49. The maximum atomic E-state index is 13.9. The third-order valence-corrected chi connectivity index (χ3v) is 7.17. The molecule has 9 nitrogen and oxygen atoms in total. The van der Waals surface area contributed by atoms with Crippen LogP contribution in [0.25, 0.3) is 22.0 Å². The molecule has 0 saturated heterocycles. The Hall–Kier alpha value is -4.72. The summed E-state index contributed by atoms with van der Waals surface area (Å²) in [4.78, 5) is 4.68. The topological polar surface area (TPSA) is 120 Å². The molecule has 11 heteroatoms. The van der Waals surface area contributed by atoms with E-state index in [1.807, 2.05) is 23.0 Å². The average molecular weight is 545 g/mol. The molecule has 5 aromatic rings. The molecule has 3 aromatic heterocycles. The quantitative estimate of drug-likeness (QED) is 0.220. The van der Waals surface area contributed by atoms with Gasteiger partial charge in [-0.3, -0.25) is 10.1 Å². The second-order valence-corrected chi connectivity index (χ2v) is 11.7. The minimum absolute atomic E-state index is 0.0338. The monoisotopic (exact) mass is 545 g/mol. The minimum atomic E-state index is -1.35. The molecule has 204 valence electrons. The van der Waals surface area contributed by atoms with Crippen LogP contribution >= 0.6 is 0 Å². The molecule has 41 heavy (non-hydrogen) atoms. The second kappa shape index (κ2) is 10.0. The van der Waals surface area contributed by atoms with Gasteiger partial charge in [0, 0.05) is 41.1 Å². The Bertz CT molecular complexity index is 1750. The van der Waals surface area contributed by atoms with Crippen LogP contribution in [0.1, 0.15) is 56.5 Å². The van der Waals surface area contributed by atoms with Gasteiger partial charge in [0.1, 0.15) is 25.4 Å². The zero-order valence-corrected chi connectivity index (χ0v) is 23.1. The van der Waals surface area contributed by atoms with E-state index < -0.39 is 5.44 Å². The minimum Gasteiger partial charge on any atom is -0.383 e. The number of aromatic amines is 1. The summed E-state index contributed by atoms with van der Waals surface area (Å²) in [5.74, 6) is -0.365. The second-order valence-electron chi connectivity index (χ2n) is 11.7. The fourth-order valence-electron chi connectivity index (χ4n) is 4.82. The standard InChI is InChI=1S/C30H29BFN9/c1-29(2,3)17-35-27-18(12-33)13-34-28-24(19-14-36-37-15-19)10-22(11-25(27)28)38-30(31,20-4-6-21(32)7-5-20)26-16-41(40-39-26)23-8-9-23/h4-7,10-11,13-16,23,38H,8-9,17H2,1-3H3,(H,34,35)(H,36,37). The molecule has 1 atom stereocenters. The van der Waals surface area contributed by atoms with Crippen LogP contribution in [0.5, 0.6) is 0 Å². The molecule has 0 spiro atoms. The van der Waals surface area contributed by atoms with Gasteiger partial charge >= 0.3 is 0 Å². The normalized spacial score (nSPS) is 14.9. The Morgan fingerprint density at radius 1 is 1.17 bits per heavy atom. The molecular weight excluding hydrogens is 516 g/mol. The zero-order valence-electron chi connectivity index (χ0n) is 23.1. The van der Waals surface area contributed by atoms with Gasteiger partial charge in [-0.15, -0.1) is 5.10 Å². The molecule has 1 saturated carbocycles. The van der Waals surface area contributed by atoms with Gasteiger partial charge in [0.2, 0.25) is 0 Å². The van der Waals surface area contributed by atoms with Crippen molar-refractivity contribution in [2.45, 2.75) is 45.1 Å². The van der Waals surface area contributed by atoms with Crippen molar-refractivity contribution < 1.29 is 4.39 Å². The fourth-order valence-corrected chi connectivity index (χ4v) is 4.82. The van der Waals surface area contributed by atoms with Gasteiger partial charge in [-0.1, -0.05) is 38.1 Å². The van der Waals surface area contributed by atoms with E-state index in [1.165, 1.54) is 12.1 Å². The van der Waals surface area contributed by atoms with E-state index in [0.717, 1.165) is 29.4 Å². The summed E-state index contributed by atoms with van der Waals surface area (Å²) >= 11 is 0. The maximum absolute atomic E-state index is 13.9. The lowest BCUT2D eigenvalue weighted by Crippen LogP contribution is -2.37. The molecule has 1 aliphatic rings. The largest absolute Gasteiger partial charge is 0.383 e. The van der Waals surface area contributed by atoms with Crippen molar-refractivity contribution in [1.82, 2.24) is 30.2 Å². The number of fused-ring (bicyclic) bond motifs is 1. The molecule has 2 radical (unpaired) electrons. The summed E-state index contributed by atoms with van der Waals surface area (Å²) in [6.07, 6.45) is 9.03. The number of aromatic nitrogens is 6. The van der Waals surface area contributed by atoms with Gasteiger partial charge in [-0.2, -0.15) is 10.4 Å². The van der Waals surface area contributed by atoms with Crippen LogP contribution in [-0.2, 0) is 5.44 Å². The summed E-state index contributed by atoms with van der Waals surface area (Å²) < 4.78 is 15.8. The molecule has 3 N–H and O–H groups in total. The number of halogens is 1. The zero-order chi connectivity index (χ0) is 28.8. The molecule has 0 amide bonds. The lowest BCUT2D eigenvalue weighted by molar-refractivity contribution is 0.443. The van der Waals surface area contributed by atoms with E-state index in [9.17, 15) is 9.65 Å². The first kappa shape index (κ1) is 26.5. The predicted molar refractivity (Wildman–Crippen MR) is 157 cm³/mol. The molecule has 1 unspecified atom stereocenters. The highest BCUT2D eigenvalue weighted by Crippen LogP contribution is 2.40. The van der Waals surface area contributed by atoms with Crippen molar-refractivity contribution in [2.24, 2.45) is 5.41 Å². The van der Waals surface area contributed by atoms with Crippen molar-refractivity contribution in [3.05, 3.63) is 83.8 Å². The van der Waals surface area contributed by atoms with E-state index in [4.69, 9.17) is 7.85 Å². The lowest BCUT2D eigenvalue weighted by atomic mass is 9.69. The molecule has 0 aliphatic heterocycles. The van der Waals surface area contributed by atoms with Crippen molar-refractivity contribution in [2.75, 3.05) is 17.2 Å². The van der Waals surface area contributed by atoms with E-state index in [0.29, 0.717) is 46.3 Å². The van der Waals surface area contributed by atoms with Crippen molar-refractivity contribution in [3.63, 3.8) is 0 Å². The van der Waals surface area contributed by atoms with Crippen LogP contribution in [0.3, 0.4) is 0 Å². The summed E-state index contributed by atoms with van der Waals surface area (Å²) in [7, 11) is 7.13. The molecular formula is C30H29BFN9. The van der Waals surface area contributed by atoms with Crippen LogP contribution in [0.4, 0.5) is 15.8 Å². The number of nitrogens with zero attached hydrogens (tertiary/aromatic N) is 6. The average Bonchev–Trinajstić information content (AvgIpc) is 3.42. The highest BCUT2D eigenvalue weighted by Gasteiger charge is 2.34. The molecule has 2 aromatic carbocycles. The van der Waals surface area contributed by atoms with E-state index >= 15 is 0 Å². The van der Waals surface area contributed by atoms with E-state index in [2.05, 4.69) is 63.0 Å². The van der Waals surface area contributed by atoms with Gasteiger partial charge in [0.15, 0.2) is 0 Å². The Morgan fingerprint density at radius 2 is 1.95 bits per heavy atom. The molecule has 3 heterocycles. The Balaban J connectivity index is 1.54. The van der Waals surface area contributed by atoms with Crippen LogP contribution in [0.15, 0.2) is 61.2 Å². The number of anilines is 2. The van der Waals surface area contributed by atoms with Gasteiger partial charge < -0.3 is 10.6 Å². The summed E-state index contributed by atoms with van der Waals surface area (Å²) in [5, 5.41) is 33.4. The van der Waals surface area contributed by atoms with Crippen LogP contribution in [0.2, 0.25) is 0 Å². The molecule has 6 rings (SSSR count). The number of rotatable bonds is 8. The Morgan fingerprint density at radius 3 is 2.61 bits per heavy atom. The number of H-pyrrole nitrogens is 1. The lowest BCUT2D eigenvalue weighted by Gasteiger charge is -2.32. The molecule has 1 fully saturated rings. The maximum Gasteiger partial charge on any atom is 0.123 e. The molecule has 1 aliphatic carbocycles. The predicted octanol–water partition coefficient (Wildman–Crippen LogP) is 5.50. The van der Waals surface area contributed by atoms with Gasteiger partial charge in [0.25, 0.3) is 0 Å². The van der Waals surface area contributed by atoms with E-state index in [-0.39, 0.29) is 11.2 Å². The van der Waals surface area contributed by atoms with Crippen LogP contribution < -0.4 is 10.6 Å². The number of hydrogen-bond acceptors (Lipinski definition) is 7. The smallest absolute Gasteiger partial charge is 0.123 e. The SMILES string of the molecule is [B]C(Nc1cc(-c2cn[nH]c2)c2ncc(C#N)c(NCC(C)(C)C)c2c1)(c1ccc(F)cc1)c1cn(C2CC2)nn1. The Labute approximate surface area is 238 Å². The number of pyridine rings is 1. The van der Waals surface area contributed by atoms with Crippen molar-refractivity contribution in [3.8, 4) is 17.2 Å². The molecule has 0 bridgehead atoms. The first-order valence-electron chi connectivity index (χ1n) is 13.5. The highest BCUT2D eigenvalue weighted by molar-refractivity contribution is 6.19. The van der Waals surface area contributed by atoms with Crippen molar-refractivity contribution >= 4 is 30.1 Å². The summed E-state index contributed by atoms with van der Waals surface area (Å²) in [6, 6.07) is 12.5. The van der Waals surface area contributed by atoms with Gasteiger partial charge in [0.05, 0.1) is 40.6 Å². The van der Waals surface area contributed by atoms with E-state index in [1.54, 1.807) is 30.7 Å². The fraction of sp³-hybridized carbons (Fsp3) is 0.300. The summed E-state index contributed by atoms with van der Waals surface area (Å²) in [6.45, 7) is 7.01. The number of nitriles is 1. The first-order chi connectivity index (χ1) is 19.6.